The minimum atomic E-state index is -2.96. The van der Waals surface area contributed by atoms with Crippen molar-refractivity contribution in [3.8, 4) is 0 Å². The van der Waals surface area contributed by atoms with Gasteiger partial charge in [-0.3, -0.25) is 4.79 Å². The molecule has 1 aromatic rings. The van der Waals surface area contributed by atoms with E-state index in [2.05, 4.69) is 0 Å². The summed E-state index contributed by atoms with van der Waals surface area (Å²) in [5, 5.41) is 0. The van der Waals surface area contributed by atoms with Crippen LogP contribution in [0.3, 0.4) is 0 Å². The van der Waals surface area contributed by atoms with Crippen LogP contribution in [0.2, 0.25) is 0 Å². The molecule has 0 N–H and O–H groups in total. The third-order valence-electron chi connectivity index (χ3n) is 3.75. The molecule has 0 saturated carbocycles. The van der Waals surface area contributed by atoms with Crippen molar-refractivity contribution in [2.45, 2.75) is 19.3 Å². The molecule has 0 radical (unpaired) electrons. The highest BCUT2D eigenvalue weighted by molar-refractivity contribution is 7.90. The molecule has 1 aromatic carbocycles. The van der Waals surface area contributed by atoms with Gasteiger partial charge in [-0.15, -0.1) is 0 Å². The lowest BCUT2D eigenvalue weighted by Crippen LogP contribution is -2.40. The van der Waals surface area contributed by atoms with Crippen molar-refractivity contribution < 1.29 is 17.6 Å². The molecular weight excluding hydrogens is 293 g/mol. The van der Waals surface area contributed by atoms with Crippen LogP contribution in [0.4, 0.5) is 4.39 Å². The summed E-state index contributed by atoms with van der Waals surface area (Å²) in [4.78, 5) is 13.9. The van der Waals surface area contributed by atoms with Crippen molar-refractivity contribution >= 4 is 15.7 Å². The Kier molecular flexibility index (Phi) is 4.98. The Bertz CT molecular complexity index is 607. The van der Waals surface area contributed by atoms with Gasteiger partial charge in [-0.1, -0.05) is 12.1 Å². The first kappa shape index (κ1) is 15.9. The molecule has 21 heavy (non-hydrogen) atoms. The van der Waals surface area contributed by atoms with Crippen molar-refractivity contribution in [3.05, 3.63) is 35.6 Å². The van der Waals surface area contributed by atoms with Crippen LogP contribution < -0.4 is 0 Å². The molecule has 0 aliphatic carbocycles. The molecule has 0 spiro atoms. The minimum Gasteiger partial charge on any atom is -0.342 e. The molecular formula is C15H20FNO3S. The number of benzene rings is 1. The largest absolute Gasteiger partial charge is 0.342 e. The molecule has 1 saturated heterocycles. The van der Waals surface area contributed by atoms with Crippen LogP contribution in [0.5, 0.6) is 0 Å². The Morgan fingerprint density at radius 2 is 2.00 bits per heavy atom. The van der Waals surface area contributed by atoms with Crippen molar-refractivity contribution in [1.82, 2.24) is 4.90 Å². The predicted molar refractivity (Wildman–Crippen MR) is 79.1 cm³/mol. The van der Waals surface area contributed by atoms with Gasteiger partial charge in [-0.2, -0.15) is 0 Å². The first-order valence-electron chi connectivity index (χ1n) is 7.03. The molecule has 0 bridgehead atoms. The topological polar surface area (TPSA) is 54.5 Å². The van der Waals surface area contributed by atoms with E-state index in [1.165, 1.54) is 18.4 Å². The number of hydrogen-bond acceptors (Lipinski definition) is 3. The lowest BCUT2D eigenvalue weighted by atomic mass is 9.98. The van der Waals surface area contributed by atoms with Crippen LogP contribution >= 0.6 is 0 Å². The summed E-state index contributed by atoms with van der Waals surface area (Å²) in [7, 11) is -2.96. The van der Waals surface area contributed by atoms with Crippen LogP contribution in [0.1, 0.15) is 18.4 Å². The lowest BCUT2D eigenvalue weighted by molar-refractivity contribution is -0.131. The fraction of sp³-hybridized carbons (Fsp3) is 0.533. The van der Waals surface area contributed by atoms with Gasteiger partial charge in [-0.05, 0) is 36.5 Å². The summed E-state index contributed by atoms with van der Waals surface area (Å²) >= 11 is 0. The number of amides is 1. The van der Waals surface area contributed by atoms with Gasteiger partial charge in [0.15, 0.2) is 0 Å². The van der Waals surface area contributed by atoms with E-state index in [1.807, 2.05) is 0 Å². The van der Waals surface area contributed by atoms with E-state index in [0.717, 1.165) is 0 Å². The Labute approximate surface area is 124 Å². The highest BCUT2D eigenvalue weighted by Gasteiger charge is 2.25. The second kappa shape index (κ2) is 6.56. The van der Waals surface area contributed by atoms with E-state index in [0.29, 0.717) is 31.5 Å². The molecule has 0 aromatic heterocycles. The van der Waals surface area contributed by atoms with Gasteiger partial charge in [0.25, 0.3) is 0 Å². The number of hydrogen-bond donors (Lipinski definition) is 0. The number of likely N-dealkylation sites (tertiary alicyclic amines) is 1. The second-order valence-corrected chi connectivity index (χ2v) is 7.91. The normalized spacial score (nSPS) is 17.0. The van der Waals surface area contributed by atoms with Gasteiger partial charge >= 0.3 is 0 Å². The minimum absolute atomic E-state index is 0.0293. The molecule has 0 atom stereocenters. The van der Waals surface area contributed by atoms with Gasteiger partial charge in [-0.25, -0.2) is 12.8 Å². The SMILES string of the molecule is CS(=O)(=O)CC1CCN(C(=O)Cc2cccc(F)c2)CC1. The van der Waals surface area contributed by atoms with Crippen LogP contribution in [-0.4, -0.2) is 44.3 Å². The maximum absolute atomic E-state index is 13.1. The average molecular weight is 313 g/mol. The van der Waals surface area contributed by atoms with Crippen LogP contribution in [0, 0.1) is 11.7 Å². The van der Waals surface area contributed by atoms with E-state index in [-0.39, 0.29) is 29.8 Å². The molecule has 2 rings (SSSR count). The molecule has 1 amide bonds. The number of carbonyl (C=O) groups excluding carboxylic acids is 1. The smallest absolute Gasteiger partial charge is 0.226 e. The van der Waals surface area contributed by atoms with Crippen molar-refractivity contribution in [2.24, 2.45) is 5.92 Å². The zero-order valence-corrected chi connectivity index (χ0v) is 12.9. The fourth-order valence-corrected chi connectivity index (χ4v) is 3.90. The first-order valence-corrected chi connectivity index (χ1v) is 9.09. The van der Waals surface area contributed by atoms with E-state index >= 15 is 0 Å². The van der Waals surface area contributed by atoms with E-state index in [9.17, 15) is 17.6 Å². The molecule has 0 unspecified atom stereocenters. The molecule has 116 valence electrons. The summed E-state index contributed by atoms with van der Waals surface area (Å²) in [5.74, 6) is -0.0392. The van der Waals surface area contributed by atoms with Crippen molar-refractivity contribution in [1.29, 1.82) is 0 Å². The number of sulfone groups is 1. The number of rotatable bonds is 4. The highest BCUT2D eigenvalue weighted by Crippen LogP contribution is 2.19. The van der Waals surface area contributed by atoms with Gasteiger partial charge < -0.3 is 4.90 Å². The van der Waals surface area contributed by atoms with Gasteiger partial charge in [0.2, 0.25) is 5.91 Å². The first-order chi connectivity index (χ1) is 9.83. The molecule has 1 heterocycles. The van der Waals surface area contributed by atoms with Crippen LogP contribution in [-0.2, 0) is 21.1 Å². The summed E-state index contributed by atoms with van der Waals surface area (Å²) < 4.78 is 35.6. The molecule has 6 heteroatoms. The molecule has 1 fully saturated rings. The zero-order chi connectivity index (χ0) is 15.5. The summed E-state index contributed by atoms with van der Waals surface area (Å²) in [5.41, 5.74) is 0.665. The Hall–Kier alpha value is -1.43. The Morgan fingerprint density at radius 1 is 1.33 bits per heavy atom. The van der Waals surface area contributed by atoms with Gasteiger partial charge in [0.1, 0.15) is 15.7 Å². The Morgan fingerprint density at radius 3 is 2.57 bits per heavy atom. The number of nitrogens with zero attached hydrogens (tertiary/aromatic N) is 1. The van der Waals surface area contributed by atoms with E-state index in [1.54, 1.807) is 17.0 Å². The highest BCUT2D eigenvalue weighted by atomic mass is 32.2. The van der Waals surface area contributed by atoms with Crippen LogP contribution in [0.15, 0.2) is 24.3 Å². The maximum atomic E-state index is 13.1. The fourth-order valence-electron chi connectivity index (χ4n) is 2.71. The third-order valence-corrected chi connectivity index (χ3v) is 4.83. The Balaban J connectivity index is 1.86. The average Bonchev–Trinajstić information content (AvgIpc) is 2.37. The number of carbonyl (C=O) groups is 1. The zero-order valence-electron chi connectivity index (χ0n) is 12.1. The lowest BCUT2D eigenvalue weighted by Gasteiger charge is -2.31. The van der Waals surface area contributed by atoms with E-state index in [4.69, 9.17) is 0 Å². The molecule has 4 nitrogen and oxygen atoms in total. The summed E-state index contributed by atoms with van der Waals surface area (Å²) in [6.45, 7) is 1.16. The third kappa shape index (κ3) is 5.12. The predicted octanol–water partition coefficient (Wildman–Crippen LogP) is 1.65. The summed E-state index contributed by atoms with van der Waals surface area (Å²) in [6.07, 6.45) is 2.85. The number of halogens is 1. The quantitative estimate of drug-likeness (QED) is 0.849. The molecule has 1 aliphatic rings. The van der Waals surface area contributed by atoms with Crippen molar-refractivity contribution in [2.75, 3.05) is 25.1 Å². The van der Waals surface area contributed by atoms with Gasteiger partial charge in [0, 0.05) is 19.3 Å². The van der Waals surface area contributed by atoms with Gasteiger partial charge in [0.05, 0.1) is 12.2 Å². The molecule has 1 aliphatic heterocycles. The van der Waals surface area contributed by atoms with E-state index < -0.39 is 9.84 Å². The standard InChI is InChI=1S/C15H20FNO3S/c1-21(19,20)11-12-5-7-17(8-6-12)15(18)10-13-3-2-4-14(16)9-13/h2-4,9,12H,5-8,10-11H2,1H3. The van der Waals surface area contributed by atoms with Crippen LogP contribution in [0.25, 0.3) is 0 Å². The summed E-state index contributed by atoms with van der Waals surface area (Å²) in [6, 6.07) is 6.05. The second-order valence-electron chi connectivity index (χ2n) is 5.72. The van der Waals surface area contributed by atoms with Crippen molar-refractivity contribution in [3.63, 3.8) is 0 Å². The maximum Gasteiger partial charge on any atom is 0.226 e. The monoisotopic (exact) mass is 313 g/mol. The number of piperidine rings is 1.